The molecule has 1 atom stereocenters. The zero-order valence-electron chi connectivity index (χ0n) is 24.5. The van der Waals surface area contributed by atoms with Crippen LogP contribution in [0.1, 0.15) is 69.7 Å². The quantitative estimate of drug-likeness (QED) is 0.221. The van der Waals surface area contributed by atoms with E-state index in [0.717, 1.165) is 31.2 Å². The van der Waals surface area contributed by atoms with E-state index in [1.165, 1.54) is 18.6 Å². The van der Waals surface area contributed by atoms with Crippen molar-refractivity contribution in [2.75, 3.05) is 18.5 Å². The van der Waals surface area contributed by atoms with E-state index in [9.17, 15) is 9.18 Å². The van der Waals surface area contributed by atoms with Crippen molar-refractivity contribution in [1.29, 1.82) is 0 Å². The van der Waals surface area contributed by atoms with Crippen LogP contribution < -0.4 is 10.6 Å². The van der Waals surface area contributed by atoms with Crippen molar-refractivity contribution in [3.63, 3.8) is 0 Å². The van der Waals surface area contributed by atoms with E-state index < -0.39 is 11.7 Å². The zero-order chi connectivity index (χ0) is 29.8. The normalized spacial score (nSPS) is 21.7. The van der Waals surface area contributed by atoms with Crippen LogP contribution in [0.15, 0.2) is 66.9 Å². The average Bonchev–Trinajstić information content (AvgIpc) is 3.48. The van der Waals surface area contributed by atoms with Crippen LogP contribution in [-0.4, -0.2) is 45.1 Å². The van der Waals surface area contributed by atoms with Gasteiger partial charge in [0, 0.05) is 17.8 Å². The molecule has 1 aliphatic heterocycles. The lowest BCUT2D eigenvalue weighted by molar-refractivity contribution is -0.231. The molecule has 9 nitrogen and oxygen atoms in total. The number of ether oxygens (including phenoxy) is 2. The van der Waals surface area contributed by atoms with Crippen LogP contribution in [0.5, 0.6) is 0 Å². The third kappa shape index (κ3) is 6.60. The Hall–Kier alpha value is -4.15. The molecule has 3 heterocycles. The fraction of sp³-hybridized carbons (Fsp3) is 0.394. The van der Waals surface area contributed by atoms with Gasteiger partial charge in [0.15, 0.2) is 5.82 Å². The molecule has 43 heavy (non-hydrogen) atoms. The number of H-pyrrole nitrogens is 1. The van der Waals surface area contributed by atoms with Crippen molar-refractivity contribution >= 4 is 11.9 Å². The molecule has 10 heteroatoms. The molecular weight excluding hydrogens is 547 g/mol. The third-order valence-corrected chi connectivity index (χ3v) is 8.22. The van der Waals surface area contributed by atoms with Gasteiger partial charge in [-0.25, -0.2) is 19.3 Å². The molecule has 4 aromatic rings. The lowest BCUT2D eigenvalue weighted by atomic mass is 9.89. The zero-order valence-corrected chi connectivity index (χ0v) is 24.5. The summed E-state index contributed by atoms with van der Waals surface area (Å²) in [6.45, 7) is 4.30. The molecule has 1 aliphatic carbocycles. The number of halogens is 1. The lowest BCUT2D eigenvalue weighted by Crippen LogP contribution is -2.51. The van der Waals surface area contributed by atoms with Crippen LogP contribution in [0.3, 0.4) is 0 Å². The molecule has 0 spiro atoms. The van der Waals surface area contributed by atoms with Crippen LogP contribution in [0.4, 0.5) is 10.3 Å². The van der Waals surface area contributed by atoms with Gasteiger partial charge in [-0.1, -0.05) is 49.6 Å². The van der Waals surface area contributed by atoms with Gasteiger partial charge in [-0.15, -0.1) is 0 Å². The maximum absolute atomic E-state index is 13.8. The second kappa shape index (κ2) is 12.6. The van der Waals surface area contributed by atoms with E-state index in [4.69, 9.17) is 19.4 Å². The minimum atomic E-state index is -0.805. The van der Waals surface area contributed by atoms with Gasteiger partial charge in [0.2, 0.25) is 18.1 Å². The number of imidazole rings is 1. The predicted molar refractivity (Wildman–Crippen MR) is 161 cm³/mol. The molecule has 2 aromatic carbocycles. The molecule has 0 bridgehead atoms. The van der Waals surface area contributed by atoms with Crippen molar-refractivity contribution in [1.82, 2.24) is 25.3 Å². The maximum Gasteiger partial charge on any atom is 0.230 e. The van der Waals surface area contributed by atoms with E-state index in [1.807, 2.05) is 44.2 Å². The molecule has 6 rings (SSSR count). The molecule has 0 radical (unpaired) electrons. The molecule has 2 fully saturated rings. The molecule has 1 saturated heterocycles. The number of aromatic nitrogens is 4. The number of aromatic amines is 1. The van der Waals surface area contributed by atoms with Gasteiger partial charge in [0.05, 0.1) is 41.8 Å². The summed E-state index contributed by atoms with van der Waals surface area (Å²) in [6, 6.07) is 18.2. The Morgan fingerprint density at radius 3 is 2.44 bits per heavy atom. The lowest BCUT2D eigenvalue weighted by Gasteiger charge is -2.37. The number of carbonyl (C=O) groups excluding carboxylic acids is 1. The van der Waals surface area contributed by atoms with Gasteiger partial charge in [-0.3, -0.25) is 4.79 Å². The fourth-order valence-electron chi connectivity index (χ4n) is 5.60. The first-order valence-corrected chi connectivity index (χ1v) is 14.9. The summed E-state index contributed by atoms with van der Waals surface area (Å²) in [7, 11) is 0. The number of nitrogens with zero attached hydrogens (tertiary/aromatic N) is 3. The Kier molecular flexibility index (Phi) is 8.49. The van der Waals surface area contributed by atoms with E-state index in [-0.39, 0.29) is 37.0 Å². The van der Waals surface area contributed by atoms with Crippen LogP contribution in [-0.2, 0) is 14.3 Å². The van der Waals surface area contributed by atoms with Crippen LogP contribution in [0.2, 0.25) is 0 Å². The first-order valence-electron chi connectivity index (χ1n) is 14.9. The summed E-state index contributed by atoms with van der Waals surface area (Å²) in [5.74, 6) is 0.514. The molecular formula is C33H37FN6O3. The third-order valence-electron chi connectivity index (χ3n) is 8.22. The number of anilines is 1. The average molecular weight is 585 g/mol. The highest BCUT2D eigenvalue weighted by Crippen LogP contribution is 2.36. The first-order chi connectivity index (χ1) is 20.9. The Morgan fingerprint density at radius 1 is 1.00 bits per heavy atom. The number of amides is 1. The predicted octanol–water partition coefficient (Wildman–Crippen LogP) is 6.35. The summed E-state index contributed by atoms with van der Waals surface area (Å²) in [4.78, 5) is 30.5. The maximum atomic E-state index is 13.8. The number of hydrogen-bond acceptors (Lipinski definition) is 7. The Morgan fingerprint density at radius 2 is 1.72 bits per heavy atom. The summed E-state index contributed by atoms with van der Waals surface area (Å²) < 4.78 is 26.0. The van der Waals surface area contributed by atoms with Gasteiger partial charge >= 0.3 is 0 Å². The molecule has 1 saturated carbocycles. The summed E-state index contributed by atoms with van der Waals surface area (Å²) in [6.07, 6.45) is 6.41. The van der Waals surface area contributed by atoms with Gasteiger partial charge in [0.25, 0.3) is 0 Å². The van der Waals surface area contributed by atoms with Crippen LogP contribution in [0, 0.1) is 11.2 Å². The largest absolute Gasteiger partial charge is 0.353 e. The second-order valence-corrected chi connectivity index (χ2v) is 11.7. The Bertz CT molecular complexity index is 1530. The number of carbonyl (C=O) groups is 1. The van der Waals surface area contributed by atoms with Crippen molar-refractivity contribution in [3.8, 4) is 22.6 Å². The molecule has 2 aliphatic rings. The Labute approximate surface area is 250 Å². The monoisotopic (exact) mass is 584 g/mol. The number of nitrogens with one attached hydrogen (secondary N) is 3. The van der Waals surface area contributed by atoms with Crippen molar-refractivity contribution in [3.05, 3.63) is 84.1 Å². The van der Waals surface area contributed by atoms with Gasteiger partial charge < -0.3 is 25.1 Å². The van der Waals surface area contributed by atoms with Crippen molar-refractivity contribution < 1.29 is 18.7 Å². The molecule has 1 amide bonds. The summed E-state index contributed by atoms with van der Waals surface area (Å²) >= 11 is 0. The Balaban J connectivity index is 1.23. The molecule has 3 N–H and O–H groups in total. The first kappa shape index (κ1) is 28.9. The van der Waals surface area contributed by atoms with E-state index in [2.05, 4.69) is 20.6 Å². The van der Waals surface area contributed by atoms with Crippen LogP contribution in [0.25, 0.3) is 22.6 Å². The van der Waals surface area contributed by atoms with E-state index >= 15 is 0 Å². The highest BCUT2D eigenvalue weighted by Gasteiger charge is 2.41. The van der Waals surface area contributed by atoms with Gasteiger partial charge in [0.1, 0.15) is 5.82 Å². The van der Waals surface area contributed by atoms with Crippen molar-refractivity contribution in [2.45, 2.75) is 64.3 Å². The second-order valence-electron chi connectivity index (χ2n) is 11.7. The number of hydrogen-bond donors (Lipinski definition) is 3. The van der Waals surface area contributed by atoms with Crippen LogP contribution >= 0.6 is 0 Å². The summed E-state index contributed by atoms with van der Waals surface area (Å²) in [5, 5.41) is 6.56. The molecule has 2 aromatic heterocycles. The molecule has 1 unspecified atom stereocenters. The standard InChI is InChI=1S/C33H37FN6O3/c1-21(22-9-5-3-6-10-22)36-32-35-18-17-26(38-32)28-27(23-13-15-24(34)16-14-23)39-29(40-28)30-42-19-33(2,20-43-30)31(41)37-25-11-7-4-8-12-25/h3,5-6,9-10,13-18,21,25,30H,4,7-8,11-12,19-20H2,1-2H3,(H,37,41)(H,39,40)(H,35,36,38). The minimum Gasteiger partial charge on any atom is -0.353 e. The highest BCUT2D eigenvalue weighted by molar-refractivity contribution is 5.83. The topological polar surface area (TPSA) is 114 Å². The fourth-order valence-corrected chi connectivity index (χ4v) is 5.60. The smallest absolute Gasteiger partial charge is 0.230 e. The number of benzene rings is 2. The summed E-state index contributed by atoms with van der Waals surface area (Å²) in [5.41, 5.74) is 2.81. The minimum absolute atomic E-state index is 0.0148. The van der Waals surface area contributed by atoms with Gasteiger partial charge in [-0.2, -0.15) is 0 Å². The van der Waals surface area contributed by atoms with E-state index in [1.54, 1.807) is 24.4 Å². The molecule has 224 valence electrons. The van der Waals surface area contributed by atoms with Crippen molar-refractivity contribution in [2.24, 2.45) is 5.41 Å². The van der Waals surface area contributed by atoms with Gasteiger partial charge in [-0.05, 0) is 62.6 Å². The number of rotatable bonds is 8. The highest BCUT2D eigenvalue weighted by atomic mass is 19.1. The SMILES string of the molecule is CC(Nc1nccc(-c2[nH]c(C3OCC(C)(C(=O)NC4CCCCC4)CO3)nc2-c2ccc(F)cc2)n1)c1ccccc1. The van der Waals surface area contributed by atoms with E-state index in [0.29, 0.717) is 34.4 Å².